The molecule has 0 aliphatic carbocycles. The predicted octanol–water partition coefficient (Wildman–Crippen LogP) is 2.65. The summed E-state index contributed by atoms with van der Waals surface area (Å²) in [5.74, 6) is 0. The van der Waals surface area contributed by atoms with Crippen LogP contribution in [-0.4, -0.2) is 38.1 Å². The van der Waals surface area contributed by atoms with Gasteiger partial charge in [-0.1, -0.05) is 18.2 Å². The average molecular weight is 304 g/mol. The molecule has 0 aromatic heterocycles. The SMILES string of the molecule is COC1N(C(=O)OC(C)(C)C)c2ccccc2C12CCNC2. The molecule has 0 bridgehead atoms. The first-order valence-electron chi connectivity index (χ1n) is 7.74. The van der Waals surface area contributed by atoms with Crippen molar-refractivity contribution in [2.24, 2.45) is 0 Å². The zero-order valence-corrected chi connectivity index (χ0v) is 13.7. The van der Waals surface area contributed by atoms with Crippen molar-refractivity contribution in [3.63, 3.8) is 0 Å². The summed E-state index contributed by atoms with van der Waals surface area (Å²) in [5.41, 5.74) is 1.33. The van der Waals surface area contributed by atoms with Crippen molar-refractivity contribution in [2.45, 2.75) is 44.4 Å². The van der Waals surface area contributed by atoms with Crippen LogP contribution < -0.4 is 10.2 Å². The second-order valence-electron chi connectivity index (χ2n) is 7.04. The number of benzene rings is 1. The number of ether oxygens (including phenoxy) is 2. The van der Waals surface area contributed by atoms with Gasteiger partial charge in [0.05, 0.1) is 11.1 Å². The van der Waals surface area contributed by atoms with Crippen molar-refractivity contribution in [1.82, 2.24) is 5.32 Å². The van der Waals surface area contributed by atoms with Crippen molar-refractivity contribution in [3.05, 3.63) is 29.8 Å². The summed E-state index contributed by atoms with van der Waals surface area (Å²) >= 11 is 0. The van der Waals surface area contributed by atoms with Crippen LogP contribution in [-0.2, 0) is 14.9 Å². The van der Waals surface area contributed by atoms with E-state index in [0.717, 1.165) is 30.8 Å². The third kappa shape index (κ3) is 2.29. The molecule has 1 spiro atoms. The number of para-hydroxylation sites is 1. The number of anilines is 1. The van der Waals surface area contributed by atoms with E-state index in [0.29, 0.717) is 0 Å². The molecule has 0 radical (unpaired) electrons. The summed E-state index contributed by atoms with van der Waals surface area (Å²) in [5, 5.41) is 3.41. The number of hydrogen-bond donors (Lipinski definition) is 1. The normalized spacial score (nSPS) is 27.3. The van der Waals surface area contributed by atoms with Crippen LogP contribution in [0.4, 0.5) is 10.5 Å². The van der Waals surface area contributed by atoms with Crippen molar-refractivity contribution in [3.8, 4) is 0 Å². The first-order chi connectivity index (χ1) is 10.4. The molecular weight excluding hydrogens is 280 g/mol. The van der Waals surface area contributed by atoms with E-state index < -0.39 is 5.60 Å². The number of amides is 1. The standard InChI is InChI=1S/C17H24N2O3/c1-16(2,3)22-15(20)19-13-8-6-5-7-12(13)17(14(19)21-4)9-10-18-11-17/h5-8,14,18H,9-11H2,1-4H3. The van der Waals surface area contributed by atoms with Gasteiger partial charge < -0.3 is 14.8 Å². The third-order valence-corrected chi connectivity index (χ3v) is 4.41. The Hall–Kier alpha value is -1.59. The van der Waals surface area contributed by atoms with E-state index in [1.165, 1.54) is 0 Å². The number of carbonyl (C=O) groups is 1. The Morgan fingerprint density at radius 2 is 2.09 bits per heavy atom. The number of carbonyl (C=O) groups excluding carboxylic acids is 1. The maximum absolute atomic E-state index is 12.7. The van der Waals surface area contributed by atoms with Gasteiger partial charge in [-0.15, -0.1) is 0 Å². The Morgan fingerprint density at radius 1 is 1.36 bits per heavy atom. The van der Waals surface area contributed by atoms with Crippen molar-refractivity contribution in [1.29, 1.82) is 0 Å². The molecule has 22 heavy (non-hydrogen) atoms. The monoisotopic (exact) mass is 304 g/mol. The van der Waals surface area contributed by atoms with Crippen LogP contribution in [0.3, 0.4) is 0 Å². The van der Waals surface area contributed by atoms with Gasteiger partial charge in [0.15, 0.2) is 6.23 Å². The molecule has 2 unspecified atom stereocenters. The maximum atomic E-state index is 12.7. The molecule has 1 aromatic carbocycles. The van der Waals surface area contributed by atoms with E-state index in [2.05, 4.69) is 11.4 Å². The maximum Gasteiger partial charge on any atom is 0.416 e. The highest BCUT2D eigenvalue weighted by atomic mass is 16.6. The lowest BCUT2D eigenvalue weighted by atomic mass is 9.80. The van der Waals surface area contributed by atoms with Gasteiger partial charge in [0.25, 0.3) is 0 Å². The number of fused-ring (bicyclic) bond motifs is 2. The summed E-state index contributed by atoms with van der Waals surface area (Å²) in [6, 6.07) is 8.03. The molecule has 1 N–H and O–H groups in total. The molecule has 120 valence electrons. The molecule has 2 heterocycles. The predicted molar refractivity (Wildman–Crippen MR) is 85.1 cm³/mol. The summed E-state index contributed by atoms with van der Waals surface area (Å²) in [7, 11) is 1.66. The minimum atomic E-state index is -0.534. The molecular formula is C17H24N2O3. The van der Waals surface area contributed by atoms with Crippen LogP contribution in [0.5, 0.6) is 0 Å². The molecule has 3 rings (SSSR count). The Bertz CT molecular complexity index is 574. The summed E-state index contributed by atoms with van der Waals surface area (Å²) in [4.78, 5) is 14.4. The highest BCUT2D eigenvalue weighted by Gasteiger charge is 2.55. The second-order valence-corrected chi connectivity index (χ2v) is 7.04. The fourth-order valence-electron chi connectivity index (χ4n) is 3.60. The Morgan fingerprint density at radius 3 is 2.68 bits per heavy atom. The van der Waals surface area contributed by atoms with E-state index in [1.807, 2.05) is 39.0 Å². The first kappa shape index (κ1) is 15.3. The van der Waals surface area contributed by atoms with Gasteiger partial charge >= 0.3 is 6.09 Å². The van der Waals surface area contributed by atoms with Crippen LogP contribution in [0.15, 0.2) is 24.3 Å². The largest absolute Gasteiger partial charge is 0.443 e. The molecule has 2 aliphatic rings. The fourth-order valence-corrected chi connectivity index (χ4v) is 3.60. The zero-order valence-electron chi connectivity index (χ0n) is 13.7. The molecule has 1 aromatic rings. The lowest BCUT2D eigenvalue weighted by Gasteiger charge is -2.34. The third-order valence-electron chi connectivity index (χ3n) is 4.41. The second kappa shape index (κ2) is 5.25. The summed E-state index contributed by atoms with van der Waals surface area (Å²) in [6.45, 7) is 7.36. The van der Waals surface area contributed by atoms with Gasteiger partial charge in [0, 0.05) is 13.7 Å². The number of rotatable bonds is 1. The molecule has 1 fully saturated rings. The van der Waals surface area contributed by atoms with Crippen LogP contribution in [0.2, 0.25) is 0 Å². The van der Waals surface area contributed by atoms with Crippen LogP contribution >= 0.6 is 0 Å². The molecule has 1 amide bonds. The van der Waals surface area contributed by atoms with E-state index in [9.17, 15) is 4.79 Å². The van der Waals surface area contributed by atoms with Gasteiger partial charge in [0.2, 0.25) is 0 Å². The minimum absolute atomic E-state index is 0.192. The van der Waals surface area contributed by atoms with E-state index in [-0.39, 0.29) is 17.7 Å². The summed E-state index contributed by atoms with van der Waals surface area (Å²) in [6.07, 6.45) is 0.257. The van der Waals surface area contributed by atoms with Gasteiger partial charge in [-0.3, -0.25) is 0 Å². The molecule has 2 atom stereocenters. The fraction of sp³-hybridized carbons (Fsp3) is 0.588. The molecule has 5 nitrogen and oxygen atoms in total. The Labute approximate surface area is 131 Å². The Kier molecular flexibility index (Phi) is 3.65. The highest BCUT2D eigenvalue weighted by molar-refractivity contribution is 5.92. The molecule has 2 aliphatic heterocycles. The lowest BCUT2D eigenvalue weighted by molar-refractivity contribution is 0.0213. The minimum Gasteiger partial charge on any atom is -0.443 e. The Balaban J connectivity index is 2.04. The number of hydrogen-bond acceptors (Lipinski definition) is 4. The van der Waals surface area contributed by atoms with Crippen molar-refractivity contribution >= 4 is 11.8 Å². The average Bonchev–Trinajstić information content (AvgIpc) is 3.02. The van der Waals surface area contributed by atoms with Gasteiger partial charge in [-0.2, -0.15) is 0 Å². The molecule has 0 saturated carbocycles. The van der Waals surface area contributed by atoms with Gasteiger partial charge in [0.1, 0.15) is 5.60 Å². The number of nitrogens with zero attached hydrogens (tertiary/aromatic N) is 1. The van der Waals surface area contributed by atoms with Crippen LogP contribution in [0.1, 0.15) is 32.8 Å². The topological polar surface area (TPSA) is 50.8 Å². The number of nitrogens with one attached hydrogen (secondary N) is 1. The zero-order chi connectivity index (χ0) is 16.0. The lowest BCUT2D eigenvalue weighted by Crippen LogP contribution is -2.51. The van der Waals surface area contributed by atoms with E-state index in [1.54, 1.807) is 12.0 Å². The van der Waals surface area contributed by atoms with Crippen LogP contribution in [0.25, 0.3) is 0 Å². The van der Waals surface area contributed by atoms with E-state index >= 15 is 0 Å². The van der Waals surface area contributed by atoms with Crippen molar-refractivity contribution in [2.75, 3.05) is 25.1 Å². The summed E-state index contributed by atoms with van der Waals surface area (Å²) < 4.78 is 11.4. The molecule has 1 saturated heterocycles. The van der Waals surface area contributed by atoms with Gasteiger partial charge in [-0.05, 0) is 45.4 Å². The van der Waals surface area contributed by atoms with Gasteiger partial charge in [-0.25, -0.2) is 9.69 Å². The van der Waals surface area contributed by atoms with Crippen LogP contribution in [0, 0.1) is 0 Å². The smallest absolute Gasteiger partial charge is 0.416 e. The quantitative estimate of drug-likeness (QED) is 0.866. The van der Waals surface area contributed by atoms with Crippen molar-refractivity contribution < 1.29 is 14.3 Å². The number of methoxy groups -OCH3 is 1. The van der Waals surface area contributed by atoms with E-state index in [4.69, 9.17) is 9.47 Å². The first-order valence-corrected chi connectivity index (χ1v) is 7.74. The highest BCUT2D eigenvalue weighted by Crippen LogP contribution is 2.49. The molecule has 5 heteroatoms.